The molecule has 1 aromatic carbocycles. The lowest BCUT2D eigenvalue weighted by molar-refractivity contribution is -0.124. The van der Waals surface area contributed by atoms with E-state index >= 15 is 0 Å². The third kappa shape index (κ3) is 4.41. The van der Waals surface area contributed by atoms with Gasteiger partial charge in [-0.1, -0.05) is 43.9 Å². The summed E-state index contributed by atoms with van der Waals surface area (Å²) in [6, 6.07) is 6.08. The standard InChI is InChI=1S/C19H29NO/c1-14-8-7-9-15(2)17(14)12-13-18(20)19(21)16-10-5-3-4-6-11-16/h7-9,16,18H,3-6,10-13,20H2,1-2H3/t18-/m0/s1. The molecule has 1 atom stereocenters. The first-order chi connectivity index (χ1) is 10.1. The van der Waals surface area contributed by atoms with E-state index in [9.17, 15) is 4.79 Å². The molecule has 2 N–H and O–H groups in total. The first-order valence-electron chi connectivity index (χ1n) is 8.44. The summed E-state index contributed by atoms with van der Waals surface area (Å²) in [5.74, 6) is 0.531. The zero-order chi connectivity index (χ0) is 15.2. The number of nitrogens with two attached hydrogens (primary N) is 1. The van der Waals surface area contributed by atoms with Gasteiger partial charge in [-0.2, -0.15) is 0 Å². The van der Waals surface area contributed by atoms with Crippen molar-refractivity contribution in [3.05, 3.63) is 34.9 Å². The smallest absolute Gasteiger partial charge is 0.152 e. The molecule has 1 aliphatic rings. The van der Waals surface area contributed by atoms with E-state index in [-0.39, 0.29) is 12.0 Å². The second kappa shape index (κ2) is 7.74. The molecule has 116 valence electrons. The molecule has 1 aromatic rings. The number of carbonyl (C=O) groups excluding carboxylic acids is 1. The second-order valence-electron chi connectivity index (χ2n) is 6.61. The van der Waals surface area contributed by atoms with Crippen LogP contribution in [0.5, 0.6) is 0 Å². The molecule has 2 heteroatoms. The summed E-state index contributed by atoms with van der Waals surface area (Å²) in [6.45, 7) is 4.28. The van der Waals surface area contributed by atoms with E-state index in [0.29, 0.717) is 5.78 Å². The van der Waals surface area contributed by atoms with Crippen LogP contribution in [0, 0.1) is 19.8 Å². The van der Waals surface area contributed by atoms with Crippen LogP contribution in [0.15, 0.2) is 18.2 Å². The van der Waals surface area contributed by atoms with Crippen molar-refractivity contribution in [3.8, 4) is 0 Å². The predicted octanol–water partition coefficient (Wildman–Crippen LogP) is 4.10. The van der Waals surface area contributed by atoms with Crippen molar-refractivity contribution in [2.75, 3.05) is 0 Å². The Morgan fingerprint density at radius 2 is 1.71 bits per heavy atom. The largest absolute Gasteiger partial charge is 0.321 e. The molecule has 0 radical (unpaired) electrons. The Balaban J connectivity index is 1.91. The summed E-state index contributed by atoms with van der Waals surface area (Å²) in [6.07, 6.45) is 8.74. The van der Waals surface area contributed by atoms with E-state index in [4.69, 9.17) is 5.73 Å². The van der Waals surface area contributed by atoms with Gasteiger partial charge in [0.1, 0.15) is 0 Å². The molecule has 2 rings (SSSR count). The quantitative estimate of drug-likeness (QED) is 0.828. The lowest BCUT2D eigenvalue weighted by atomic mass is 9.88. The van der Waals surface area contributed by atoms with E-state index in [1.807, 2.05) is 0 Å². The average molecular weight is 287 g/mol. The van der Waals surface area contributed by atoms with Crippen molar-refractivity contribution in [1.29, 1.82) is 0 Å². The minimum Gasteiger partial charge on any atom is -0.321 e. The second-order valence-corrected chi connectivity index (χ2v) is 6.61. The highest BCUT2D eigenvalue weighted by molar-refractivity contribution is 5.86. The predicted molar refractivity (Wildman–Crippen MR) is 88.4 cm³/mol. The molecule has 0 aromatic heterocycles. The normalized spacial score (nSPS) is 18.2. The van der Waals surface area contributed by atoms with E-state index in [1.54, 1.807) is 0 Å². The van der Waals surface area contributed by atoms with Crippen LogP contribution in [0.1, 0.15) is 61.6 Å². The molecule has 2 nitrogen and oxygen atoms in total. The van der Waals surface area contributed by atoms with Crippen LogP contribution < -0.4 is 5.73 Å². The number of rotatable bonds is 5. The van der Waals surface area contributed by atoms with Gasteiger partial charge in [-0.15, -0.1) is 0 Å². The Bertz CT molecular complexity index is 452. The van der Waals surface area contributed by atoms with Crippen LogP contribution in [0.4, 0.5) is 0 Å². The number of hydrogen-bond donors (Lipinski definition) is 1. The molecule has 0 aliphatic heterocycles. The summed E-state index contributed by atoms with van der Waals surface area (Å²) >= 11 is 0. The van der Waals surface area contributed by atoms with Gasteiger partial charge in [0.15, 0.2) is 5.78 Å². The molecular formula is C19H29NO. The van der Waals surface area contributed by atoms with Crippen molar-refractivity contribution in [2.45, 2.75) is 71.3 Å². The van der Waals surface area contributed by atoms with Crippen LogP contribution in [-0.4, -0.2) is 11.8 Å². The summed E-state index contributed by atoms with van der Waals surface area (Å²) in [7, 11) is 0. The fourth-order valence-corrected chi connectivity index (χ4v) is 3.55. The van der Waals surface area contributed by atoms with Crippen LogP contribution in [0.25, 0.3) is 0 Å². The summed E-state index contributed by atoms with van der Waals surface area (Å²) in [4.78, 5) is 12.5. The Hall–Kier alpha value is -1.15. The fourth-order valence-electron chi connectivity index (χ4n) is 3.55. The maximum absolute atomic E-state index is 12.5. The Kier molecular flexibility index (Phi) is 5.98. The van der Waals surface area contributed by atoms with Gasteiger partial charge < -0.3 is 5.73 Å². The molecular weight excluding hydrogens is 258 g/mol. The van der Waals surface area contributed by atoms with Gasteiger partial charge in [0.2, 0.25) is 0 Å². The van der Waals surface area contributed by atoms with Gasteiger partial charge in [0.05, 0.1) is 6.04 Å². The minimum atomic E-state index is -0.285. The number of benzene rings is 1. The van der Waals surface area contributed by atoms with Crippen molar-refractivity contribution < 1.29 is 4.79 Å². The van der Waals surface area contributed by atoms with Crippen LogP contribution in [0.2, 0.25) is 0 Å². The number of aryl methyl sites for hydroxylation is 2. The highest BCUT2D eigenvalue weighted by Gasteiger charge is 2.25. The lowest BCUT2D eigenvalue weighted by Crippen LogP contribution is -2.36. The lowest BCUT2D eigenvalue weighted by Gasteiger charge is -2.19. The summed E-state index contributed by atoms with van der Waals surface area (Å²) in [5, 5.41) is 0. The molecule has 1 aliphatic carbocycles. The van der Waals surface area contributed by atoms with Crippen molar-refractivity contribution >= 4 is 5.78 Å². The molecule has 1 fully saturated rings. The van der Waals surface area contributed by atoms with Gasteiger partial charge in [-0.3, -0.25) is 4.79 Å². The highest BCUT2D eigenvalue weighted by Crippen LogP contribution is 2.25. The highest BCUT2D eigenvalue weighted by atomic mass is 16.1. The van der Waals surface area contributed by atoms with E-state index in [1.165, 1.54) is 42.4 Å². The molecule has 0 saturated heterocycles. The molecule has 21 heavy (non-hydrogen) atoms. The number of carbonyl (C=O) groups is 1. The topological polar surface area (TPSA) is 43.1 Å². The van der Waals surface area contributed by atoms with Gasteiger partial charge in [0.25, 0.3) is 0 Å². The minimum absolute atomic E-state index is 0.223. The van der Waals surface area contributed by atoms with E-state index in [2.05, 4.69) is 32.0 Å². The number of hydrogen-bond acceptors (Lipinski definition) is 2. The third-order valence-electron chi connectivity index (χ3n) is 4.97. The first kappa shape index (κ1) is 16.2. The summed E-state index contributed by atoms with van der Waals surface area (Å²) < 4.78 is 0. The molecule has 0 spiro atoms. The molecule has 1 saturated carbocycles. The molecule has 0 amide bonds. The fraction of sp³-hybridized carbons (Fsp3) is 0.632. The Labute approximate surface area is 129 Å². The summed E-state index contributed by atoms with van der Waals surface area (Å²) in [5.41, 5.74) is 10.2. The van der Waals surface area contributed by atoms with Gasteiger partial charge in [0, 0.05) is 5.92 Å². The van der Waals surface area contributed by atoms with E-state index in [0.717, 1.165) is 25.7 Å². The Morgan fingerprint density at radius 1 is 1.14 bits per heavy atom. The number of ketones is 1. The maximum atomic E-state index is 12.5. The van der Waals surface area contributed by atoms with Crippen molar-refractivity contribution in [2.24, 2.45) is 11.7 Å². The first-order valence-corrected chi connectivity index (χ1v) is 8.44. The zero-order valence-electron chi connectivity index (χ0n) is 13.5. The molecule has 0 bridgehead atoms. The van der Waals surface area contributed by atoms with Crippen molar-refractivity contribution in [3.63, 3.8) is 0 Å². The van der Waals surface area contributed by atoms with Crippen LogP contribution in [0.3, 0.4) is 0 Å². The van der Waals surface area contributed by atoms with Gasteiger partial charge in [-0.05, 0) is 56.2 Å². The van der Waals surface area contributed by atoms with Gasteiger partial charge in [-0.25, -0.2) is 0 Å². The SMILES string of the molecule is Cc1cccc(C)c1CC[C@H](N)C(=O)C1CCCCCC1. The monoisotopic (exact) mass is 287 g/mol. The maximum Gasteiger partial charge on any atom is 0.152 e. The van der Waals surface area contributed by atoms with E-state index < -0.39 is 0 Å². The third-order valence-corrected chi connectivity index (χ3v) is 4.97. The van der Waals surface area contributed by atoms with Crippen LogP contribution >= 0.6 is 0 Å². The Morgan fingerprint density at radius 3 is 2.29 bits per heavy atom. The van der Waals surface area contributed by atoms with Gasteiger partial charge >= 0.3 is 0 Å². The zero-order valence-corrected chi connectivity index (χ0v) is 13.5. The molecule has 0 unspecified atom stereocenters. The van der Waals surface area contributed by atoms with Crippen LogP contribution in [-0.2, 0) is 11.2 Å². The molecule has 0 heterocycles. The average Bonchev–Trinajstić information content (AvgIpc) is 2.74. The number of Topliss-reactive ketones (excluding diaryl/α,β-unsaturated/α-hetero) is 1. The van der Waals surface area contributed by atoms with Crippen molar-refractivity contribution in [1.82, 2.24) is 0 Å².